The average Bonchev–Trinajstić information content (AvgIpc) is 3.07. The van der Waals surface area contributed by atoms with Gasteiger partial charge in [0, 0.05) is 0 Å². The van der Waals surface area contributed by atoms with Gasteiger partial charge in [0.15, 0.2) is 0 Å². The van der Waals surface area contributed by atoms with Crippen LogP contribution in [-0.4, -0.2) is 8.80 Å². The molecular weight excluding hydrogens is 268 g/mol. The van der Waals surface area contributed by atoms with Gasteiger partial charge in [-0.25, -0.2) is 0 Å². The van der Waals surface area contributed by atoms with Crippen LogP contribution in [0.3, 0.4) is 0 Å². The summed E-state index contributed by atoms with van der Waals surface area (Å²) in [5, 5.41) is 3.55. The van der Waals surface area contributed by atoms with Crippen molar-refractivity contribution in [3.63, 3.8) is 0 Å². The molecule has 0 spiro atoms. The molecule has 105 valence electrons. The Morgan fingerprint density at radius 2 is 1.43 bits per heavy atom. The molecule has 2 bridgehead atoms. The molecule has 1 fully saturated rings. The third-order valence-electron chi connectivity index (χ3n) is 5.30. The summed E-state index contributed by atoms with van der Waals surface area (Å²) in [4.78, 5) is 0. The Morgan fingerprint density at radius 3 is 1.86 bits per heavy atom. The molecule has 1 radical (unpaired) electrons. The molecule has 2 aliphatic carbocycles. The van der Waals surface area contributed by atoms with Gasteiger partial charge in [-0.15, -0.1) is 0 Å². The van der Waals surface area contributed by atoms with E-state index in [1.165, 1.54) is 12.8 Å². The zero-order chi connectivity index (χ0) is 14.3. The Labute approximate surface area is 129 Å². The molecule has 1 saturated carbocycles. The molecule has 2 aromatic carbocycles. The van der Waals surface area contributed by atoms with Gasteiger partial charge in [-0.05, 0) is 29.7 Å². The lowest BCUT2D eigenvalue weighted by molar-refractivity contribution is 0.494. The van der Waals surface area contributed by atoms with Gasteiger partial charge in [0.25, 0.3) is 0 Å². The topological polar surface area (TPSA) is 0 Å². The van der Waals surface area contributed by atoms with Gasteiger partial charge < -0.3 is 0 Å². The predicted octanol–water partition coefficient (Wildman–Crippen LogP) is 3.65. The summed E-state index contributed by atoms with van der Waals surface area (Å²) in [6.07, 6.45) is 7.81. The summed E-state index contributed by atoms with van der Waals surface area (Å²) < 4.78 is 0. The van der Waals surface area contributed by atoms with Crippen LogP contribution >= 0.6 is 0 Å². The quantitative estimate of drug-likeness (QED) is 0.597. The van der Waals surface area contributed by atoms with E-state index in [1.54, 1.807) is 10.4 Å². The smallest absolute Gasteiger partial charge is 0.0848 e. The molecule has 2 aromatic rings. The van der Waals surface area contributed by atoms with Crippen LogP contribution in [0.1, 0.15) is 19.8 Å². The molecule has 4 rings (SSSR count). The second kappa shape index (κ2) is 4.99. The number of allylic oxidation sites excluding steroid dienone is 2. The fourth-order valence-corrected chi connectivity index (χ4v) is 8.13. The highest BCUT2D eigenvalue weighted by atomic mass is 28.3. The fraction of sp³-hybridized carbons (Fsp3) is 0.300. The van der Waals surface area contributed by atoms with Crippen molar-refractivity contribution in [2.24, 2.45) is 11.8 Å². The maximum absolute atomic E-state index is 2.58. The SMILES string of the molecule is CC1CC2([Si](c3ccccc3)c3ccccc3)C=CC1C2. The zero-order valence-electron chi connectivity index (χ0n) is 12.5. The third-order valence-corrected chi connectivity index (χ3v) is 8.69. The molecule has 21 heavy (non-hydrogen) atoms. The summed E-state index contributed by atoms with van der Waals surface area (Å²) in [6.45, 7) is 2.44. The minimum Gasteiger partial charge on any atom is -0.0848 e. The molecule has 0 amide bonds. The second-order valence-corrected chi connectivity index (χ2v) is 9.57. The maximum atomic E-state index is 2.58. The van der Waals surface area contributed by atoms with Gasteiger partial charge >= 0.3 is 0 Å². The lowest BCUT2D eigenvalue weighted by Crippen LogP contribution is -2.50. The molecule has 3 atom stereocenters. The fourth-order valence-electron chi connectivity index (χ4n) is 4.37. The number of hydrogen-bond acceptors (Lipinski definition) is 0. The molecule has 2 aliphatic rings. The first-order valence-electron chi connectivity index (χ1n) is 7.96. The van der Waals surface area contributed by atoms with Gasteiger partial charge in [0.2, 0.25) is 0 Å². The second-order valence-electron chi connectivity index (χ2n) is 6.67. The Hall–Kier alpha value is -1.60. The van der Waals surface area contributed by atoms with Gasteiger partial charge in [0.1, 0.15) is 8.80 Å². The molecule has 1 heteroatoms. The molecule has 0 heterocycles. The van der Waals surface area contributed by atoms with Crippen LogP contribution in [0.15, 0.2) is 72.8 Å². The Bertz CT molecular complexity index is 607. The van der Waals surface area contributed by atoms with Crippen molar-refractivity contribution in [3.05, 3.63) is 72.8 Å². The van der Waals surface area contributed by atoms with Gasteiger partial charge in [-0.3, -0.25) is 0 Å². The van der Waals surface area contributed by atoms with Crippen LogP contribution in [0.25, 0.3) is 0 Å². The normalized spacial score (nSPS) is 30.2. The standard InChI is InChI=1S/C20H21Si/c1-16-14-20(13-12-17(16)15-20)21(18-8-4-2-5-9-18)19-10-6-3-7-11-19/h2-13,16-17H,14-15H2,1H3. The van der Waals surface area contributed by atoms with Crippen LogP contribution < -0.4 is 10.4 Å². The van der Waals surface area contributed by atoms with Crippen molar-refractivity contribution in [3.8, 4) is 0 Å². The largest absolute Gasteiger partial charge is 0.131 e. The third kappa shape index (κ3) is 2.11. The van der Waals surface area contributed by atoms with E-state index in [-0.39, 0.29) is 0 Å². The lowest BCUT2D eigenvalue weighted by Gasteiger charge is -2.34. The number of hydrogen-bond donors (Lipinski definition) is 0. The lowest BCUT2D eigenvalue weighted by atomic mass is 9.96. The minimum atomic E-state index is -0.765. The first-order valence-corrected chi connectivity index (χ1v) is 9.46. The molecule has 0 aromatic heterocycles. The summed E-state index contributed by atoms with van der Waals surface area (Å²) in [7, 11) is -0.765. The van der Waals surface area contributed by atoms with Crippen molar-refractivity contribution >= 4 is 19.2 Å². The number of fused-ring (bicyclic) bond motifs is 2. The van der Waals surface area contributed by atoms with Crippen molar-refractivity contribution in [1.82, 2.24) is 0 Å². The maximum Gasteiger partial charge on any atom is 0.131 e. The molecule has 3 unspecified atom stereocenters. The van der Waals surface area contributed by atoms with Crippen molar-refractivity contribution < 1.29 is 0 Å². The van der Waals surface area contributed by atoms with Crippen LogP contribution in [0.5, 0.6) is 0 Å². The van der Waals surface area contributed by atoms with Crippen molar-refractivity contribution in [2.75, 3.05) is 0 Å². The Balaban J connectivity index is 1.84. The van der Waals surface area contributed by atoms with Gasteiger partial charge in [-0.2, -0.15) is 0 Å². The highest BCUT2D eigenvalue weighted by Gasteiger charge is 2.51. The Morgan fingerprint density at radius 1 is 0.857 bits per heavy atom. The average molecular weight is 289 g/mol. The van der Waals surface area contributed by atoms with E-state index in [2.05, 4.69) is 79.7 Å². The van der Waals surface area contributed by atoms with Crippen LogP contribution in [0.2, 0.25) is 5.04 Å². The summed E-state index contributed by atoms with van der Waals surface area (Å²) >= 11 is 0. The molecule has 0 saturated heterocycles. The highest BCUT2D eigenvalue weighted by molar-refractivity contribution is 6.88. The summed E-state index contributed by atoms with van der Waals surface area (Å²) in [6, 6.07) is 22.5. The van der Waals surface area contributed by atoms with Crippen molar-refractivity contribution in [2.45, 2.75) is 24.8 Å². The van der Waals surface area contributed by atoms with E-state index < -0.39 is 8.80 Å². The first-order chi connectivity index (χ1) is 10.3. The summed E-state index contributed by atoms with van der Waals surface area (Å²) in [5.41, 5.74) is 0. The van der Waals surface area contributed by atoms with Crippen LogP contribution in [0, 0.1) is 11.8 Å². The number of benzene rings is 2. The Kier molecular flexibility index (Phi) is 3.11. The highest BCUT2D eigenvalue weighted by Crippen LogP contribution is 2.58. The molecule has 0 nitrogen and oxygen atoms in total. The predicted molar refractivity (Wildman–Crippen MR) is 91.6 cm³/mol. The van der Waals surface area contributed by atoms with Gasteiger partial charge in [-0.1, -0.05) is 90.1 Å². The monoisotopic (exact) mass is 289 g/mol. The first kappa shape index (κ1) is 13.1. The molecular formula is C20H21Si. The van der Waals surface area contributed by atoms with E-state index in [4.69, 9.17) is 0 Å². The number of rotatable bonds is 3. The zero-order valence-corrected chi connectivity index (χ0v) is 13.5. The van der Waals surface area contributed by atoms with Crippen LogP contribution in [0.4, 0.5) is 0 Å². The molecule has 0 N–H and O–H groups in total. The minimum absolute atomic E-state index is 0.428. The van der Waals surface area contributed by atoms with E-state index in [1.807, 2.05) is 0 Å². The van der Waals surface area contributed by atoms with Gasteiger partial charge in [0.05, 0.1) is 0 Å². The summed E-state index contributed by atoms with van der Waals surface area (Å²) in [5.74, 6) is 1.67. The van der Waals surface area contributed by atoms with E-state index in [9.17, 15) is 0 Å². The van der Waals surface area contributed by atoms with Crippen molar-refractivity contribution in [1.29, 1.82) is 0 Å². The van der Waals surface area contributed by atoms with E-state index in [0.717, 1.165) is 11.8 Å². The van der Waals surface area contributed by atoms with E-state index >= 15 is 0 Å². The van der Waals surface area contributed by atoms with E-state index in [0.29, 0.717) is 5.04 Å². The molecule has 0 aliphatic heterocycles. The van der Waals surface area contributed by atoms with Crippen LogP contribution in [-0.2, 0) is 0 Å².